The number of ether oxygens (including phenoxy) is 1. The molecule has 0 fully saturated rings. The number of rotatable bonds is 13. The van der Waals surface area contributed by atoms with Gasteiger partial charge in [0.1, 0.15) is 5.75 Å². The Bertz CT molecular complexity index is 514. The second kappa shape index (κ2) is 14.1. The van der Waals surface area contributed by atoms with Crippen LogP contribution in [-0.2, 0) is 16.5 Å². The first kappa shape index (κ1) is 23.9. The fourth-order valence-corrected chi connectivity index (χ4v) is 2.94. The molecule has 1 aromatic carbocycles. The summed E-state index contributed by atoms with van der Waals surface area (Å²) in [5.74, 6) is 0.347. The Morgan fingerprint density at radius 1 is 0.917 bits per heavy atom. The quantitative estimate of drug-likeness (QED) is 0.301. The number of unbranched alkanes of at least 4 members (excludes halogenated alkanes) is 6. The van der Waals surface area contributed by atoms with Crippen molar-refractivity contribution in [3.8, 4) is 5.75 Å². The van der Waals surface area contributed by atoms with Crippen LogP contribution in [0, 0.1) is 0 Å². The van der Waals surface area contributed by atoms with Crippen molar-refractivity contribution in [3.63, 3.8) is 0 Å². The molecule has 0 saturated heterocycles. The van der Waals surface area contributed by atoms with E-state index in [-0.39, 0.29) is 48.3 Å². The zero-order chi connectivity index (χ0) is 17.0. The van der Waals surface area contributed by atoms with Crippen molar-refractivity contribution < 1.29 is 47.3 Å². The largest absolute Gasteiger partial charge is 1.00 e. The molecule has 0 aliphatic heterocycles. The predicted molar refractivity (Wildman–Crippen MR) is 92.8 cm³/mol. The number of hydrogen-bond acceptors (Lipinski definition) is 4. The third kappa shape index (κ3) is 13.2. The molecule has 4 nitrogen and oxygen atoms in total. The summed E-state index contributed by atoms with van der Waals surface area (Å²) in [6.45, 7) is 2.48. The summed E-state index contributed by atoms with van der Waals surface area (Å²) in [6, 6.07) is 7.91. The summed E-state index contributed by atoms with van der Waals surface area (Å²) in [5.41, 5.74) is 1.30. The van der Waals surface area contributed by atoms with E-state index in [1.165, 1.54) is 50.5 Å². The number of aryl methyl sites for hydroxylation is 1. The third-order valence-corrected chi connectivity index (χ3v) is 4.59. The monoisotopic (exact) mass is 364 g/mol. The first-order chi connectivity index (χ1) is 11.0. The van der Waals surface area contributed by atoms with E-state index in [0.29, 0.717) is 0 Å². The minimum Gasteiger partial charge on any atom is -0.748 e. The standard InChI is InChI=1S/C18H30O4S.Na/c1-2-3-4-5-6-7-8-10-17-11-13-18(14-12-17)22-15-9-16-23(19,20)21;/h11-14H,2-10,15-16H2,1H3,(H,19,20,21);/q;+1/p-1. The van der Waals surface area contributed by atoms with E-state index in [1.54, 1.807) is 0 Å². The summed E-state index contributed by atoms with van der Waals surface area (Å²) in [7, 11) is -4.14. The van der Waals surface area contributed by atoms with Gasteiger partial charge < -0.3 is 9.29 Å². The van der Waals surface area contributed by atoms with Crippen LogP contribution in [0.5, 0.6) is 5.75 Å². The molecule has 0 radical (unpaired) electrons. The molecule has 0 bridgehead atoms. The molecular weight excluding hydrogens is 335 g/mol. The number of benzene rings is 1. The maximum Gasteiger partial charge on any atom is 1.00 e. The topological polar surface area (TPSA) is 66.4 Å². The summed E-state index contributed by atoms with van der Waals surface area (Å²) in [6.07, 6.45) is 10.5. The molecule has 0 aliphatic carbocycles. The molecular formula is C18H29NaO4S. The van der Waals surface area contributed by atoms with Crippen molar-refractivity contribution in [1.82, 2.24) is 0 Å². The van der Waals surface area contributed by atoms with E-state index >= 15 is 0 Å². The second-order valence-corrected chi connectivity index (χ2v) is 7.50. The average molecular weight is 364 g/mol. The molecule has 0 N–H and O–H groups in total. The molecule has 0 heterocycles. The van der Waals surface area contributed by atoms with Gasteiger partial charge >= 0.3 is 29.6 Å². The van der Waals surface area contributed by atoms with Gasteiger partial charge in [-0.3, -0.25) is 0 Å². The maximum absolute atomic E-state index is 10.5. The smallest absolute Gasteiger partial charge is 0.748 e. The van der Waals surface area contributed by atoms with Crippen LogP contribution < -0.4 is 34.3 Å². The van der Waals surface area contributed by atoms with Crippen molar-refractivity contribution in [3.05, 3.63) is 29.8 Å². The molecule has 6 heteroatoms. The Morgan fingerprint density at radius 3 is 2.08 bits per heavy atom. The summed E-state index contributed by atoms with van der Waals surface area (Å²) >= 11 is 0. The van der Waals surface area contributed by atoms with Gasteiger partial charge in [-0.2, -0.15) is 0 Å². The molecule has 1 rings (SSSR count). The van der Waals surface area contributed by atoms with Gasteiger partial charge in [-0.1, -0.05) is 57.6 Å². The molecule has 132 valence electrons. The normalized spacial score (nSPS) is 11.1. The van der Waals surface area contributed by atoms with Gasteiger partial charge in [0.05, 0.1) is 16.7 Å². The Hall–Kier alpha value is -0.0700. The van der Waals surface area contributed by atoms with Crippen molar-refractivity contribution in [1.29, 1.82) is 0 Å². The SMILES string of the molecule is CCCCCCCCCc1ccc(OCCCS(=O)(=O)[O-])cc1.[Na+]. The van der Waals surface area contributed by atoms with Crippen LogP contribution in [-0.4, -0.2) is 25.3 Å². The van der Waals surface area contributed by atoms with Crippen molar-refractivity contribution >= 4 is 10.1 Å². The van der Waals surface area contributed by atoms with E-state index in [4.69, 9.17) is 4.74 Å². The minimum atomic E-state index is -4.14. The molecule has 0 aliphatic rings. The first-order valence-electron chi connectivity index (χ1n) is 8.66. The molecule has 24 heavy (non-hydrogen) atoms. The van der Waals surface area contributed by atoms with E-state index in [0.717, 1.165) is 12.2 Å². The average Bonchev–Trinajstić information content (AvgIpc) is 2.51. The zero-order valence-electron chi connectivity index (χ0n) is 15.1. The Morgan fingerprint density at radius 2 is 1.50 bits per heavy atom. The van der Waals surface area contributed by atoms with Crippen LogP contribution in [0.4, 0.5) is 0 Å². The maximum atomic E-state index is 10.5. The van der Waals surface area contributed by atoms with Gasteiger partial charge in [0.15, 0.2) is 0 Å². The van der Waals surface area contributed by atoms with Crippen LogP contribution in [0.1, 0.15) is 63.9 Å². The minimum absolute atomic E-state index is 0. The Labute approximate surface area is 169 Å². The molecule has 0 spiro atoms. The van der Waals surface area contributed by atoms with Gasteiger partial charge in [-0.25, -0.2) is 8.42 Å². The van der Waals surface area contributed by atoms with E-state index in [1.807, 2.05) is 12.1 Å². The zero-order valence-corrected chi connectivity index (χ0v) is 17.9. The Balaban J connectivity index is 0.00000529. The summed E-state index contributed by atoms with van der Waals surface area (Å²) in [5, 5.41) is 0. The summed E-state index contributed by atoms with van der Waals surface area (Å²) < 4.78 is 36.9. The van der Waals surface area contributed by atoms with Crippen LogP contribution in [0.2, 0.25) is 0 Å². The van der Waals surface area contributed by atoms with Crippen molar-refractivity contribution in [2.45, 2.75) is 64.7 Å². The van der Waals surface area contributed by atoms with Crippen LogP contribution in [0.3, 0.4) is 0 Å². The van der Waals surface area contributed by atoms with Crippen LogP contribution in [0.15, 0.2) is 24.3 Å². The van der Waals surface area contributed by atoms with E-state index < -0.39 is 10.1 Å². The predicted octanol–water partition coefficient (Wildman–Crippen LogP) is 1.30. The van der Waals surface area contributed by atoms with Crippen molar-refractivity contribution in [2.24, 2.45) is 0 Å². The Kier molecular flexibility index (Phi) is 14.1. The van der Waals surface area contributed by atoms with Gasteiger partial charge in [0.2, 0.25) is 0 Å². The van der Waals surface area contributed by atoms with Gasteiger partial charge in [0, 0.05) is 5.75 Å². The molecule has 0 saturated carbocycles. The molecule has 1 aromatic rings. The first-order valence-corrected chi connectivity index (χ1v) is 10.2. The number of hydrogen-bond donors (Lipinski definition) is 0. The molecule has 0 aromatic heterocycles. The van der Waals surface area contributed by atoms with E-state index in [9.17, 15) is 13.0 Å². The van der Waals surface area contributed by atoms with Crippen molar-refractivity contribution in [2.75, 3.05) is 12.4 Å². The fraction of sp³-hybridized carbons (Fsp3) is 0.667. The molecule has 0 atom stereocenters. The van der Waals surface area contributed by atoms with Gasteiger partial charge in [-0.15, -0.1) is 0 Å². The van der Waals surface area contributed by atoms with Crippen LogP contribution in [0.25, 0.3) is 0 Å². The van der Waals surface area contributed by atoms with E-state index in [2.05, 4.69) is 19.1 Å². The molecule has 0 unspecified atom stereocenters. The molecule has 0 amide bonds. The van der Waals surface area contributed by atoms with Crippen LogP contribution >= 0.6 is 0 Å². The second-order valence-electron chi connectivity index (χ2n) is 5.98. The van der Waals surface area contributed by atoms with Gasteiger partial charge in [-0.05, 0) is 37.0 Å². The van der Waals surface area contributed by atoms with Gasteiger partial charge in [0.25, 0.3) is 0 Å². The summed E-state index contributed by atoms with van der Waals surface area (Å²) in [4.78, 5) is 0. The fourth-order valence-electron chi connectivity index (χ4n) is 2.46. The third-order valence-electron chi connectivity index (χ3n) is 3.80.